The molecule has 3 heterocycles. The third-order valence-electron chi connectivity index (χ3n) is 8.26. The van der Waals surface area contributed by atoms with Gasteiger partial charge in [-0.3, -0.25) is 14.0 Å². The molecule has 222 valence electrons. The first-order valence-electron chi connectivity index (χ1n) is 14.3. The molecule has 1 aliphatic carbocycles. The van der Waals surface area contributed by atoms with E-state index in [-0.39, 0.29) is 27.4 Å². The van der Waals surface area contributed by atoms with Gasteiger partial charge in [-0.25, -0.2) is 13.1 Å². The van der Waals surface area contributed by atoms with Gasteiger partial charge < -0.3 is 5.32 Å². The van der Waals surface area contributed by atoms with Gasteiger partial charge in [-0.15, -0.1) is 5.10 Å². The van der Waals surface area contributed by atoms with Gasteiger partial charge in [0, 0.05) is 44.7 Å². The molecule has 1 amide bonds. The fraction of sp³-hybridized carbons (Fsp3) is 0.433. The third kappa shape index (κ3) is 5.69. The van der Waals surface area contributed by atoms with Crippen LogP contribution in [0.25, 0.3) is 0 Å². The van der Waals surface area contributed by atoms with Gasteiger partial charge in [-0.05, 0) is 72.1 Å². The van der Waals surface area contributed by atoms with Crippen LogP contribution in [0.3, 0.4) is 0 Å². The molecule has 3 aromatic rings. The highest BCUT2D eigenvalue weighted by atomic mass is 35.5. The highest BCUT2D eigenvalue weighted by Crippen LogP contribution is 2.36. The molecule has 6 rings (SSSR count). The number of benzene rings is 2. The monoisotopic (exact) mass is 628 g/mol. The maximum atomic E-state index is 13.5. The van der Waals surface area contributed by atoms with Crippen molar-refractivity contribution in [3.05, 3.63) is 86.9 Å². The highest BCUT2D eigenvalue weighted by Gasteiger charge is 2.37. The Bertz CT molecular complexity index is 1650. The van der Waals surface area contributed by atoms with E-state index in [1.54, 1.807) is 0 Å². The zero-order chi connectivity index (χ0) is 29.6. The number of amides is 1. The quantitative estimate of drug-likeness (QED) is 0.406. The molecule has 1 aromatic heterocycles. The summed E-state index contributed by atoms with van der Waals surface area (Å²) < 4.78 is 30.0. The zero-order valence-corrected chi connectivity index (χ0v) is 26.0. The van der Waals surface area contributed by atoms with E-state index in [4.69, 9.17) is 23.2 Å². The Morgan fingerprint density at radius 1 is 1.07 bits per heavy atom. The lowest BCUT2D eigenvalue weighted by atomic mass is 9.83. The van der Waals surface area contributed by atoms with Crippen molar-refractivity contribution in [2.45, 2.75) is 69.5 Å². The number of nitrogens with zero attached hydrogens (tertiary/aromatic N) is 5. The normalized spacial score (nSPS) is 20.9. The van der Waals surface area contributed by atoms with E-state index in [0.29, 0.717) is 11.6 Å². The van der Waals surface area contributed by atoms with Crippen molar-refractivity contribution in [1.29, 1.82) is 0 Å². The van der Waals surface area contributed by atoms with Crippen LogP contribution in [0.1, 0.15) is 60.7 Å². The molecule has 0 spiro atoms. The summed E-state index contributed by atoms with van der Waals surface area (Å²) in [5.74, 6) is 0.200. The Balaban J connectivity index is 1.24. The molecule has 42 heavy (non-hydrogen) atoms. The average Bonchev–Trinajstić information content (AvgIpc) is 3.42. The minimum Gasteiger partial charge on any atom is -0.329 e. The largest absolute Gasteiger partial charge is 0.329 e. The number of hydrogen-bond acceptors (Lipinski definition) is 6. The zero-order valence-electron chi connectivity index (χ0n) is 23.6. The summed E-state index contributed by atoms with van der Waals surface area (Å²) in [6.45, 7) is 7.72. The lowest BCUT2D eigenvalue weighted by Gasteiger charge is -2.33. The number of carbonyl (C=O) groups is 1. The van der Waals surface area contributed by atoms with Crippen LogP contribution in [0.5, 0.6) is 0 Å². The van der Waals surface area contributed by atoms with Crippen molar-refractivity contribution < 1.29 is 13.2 Å². The summed E-state index contributed by atoms with van der Waals surface area (Å²) in [6, 6.07) is 7.85. The van der Waals surface area contributed by atoms with E-state index in [1.807, 2.05) is 10.9 Å². The number of hydrogen-bond donors (Lipinski definition) is 1. The van der Waals surface area contributed by atoms with E-state index in [9.17, 15) is 13.2 Å². The summed E-state index contributed by atoms with van der Waals surface area (Å²) >= 11 is 12.1. The number of fused-ring (bicyclic) bond motifs is 2. The first kappa shape index (κ1) is 29.2. The SMILES string of the molecule is CC(C)CN1CCc2cc3c(cc2C1)CCC[C@H]3n1cc(C[C@@H]2C(=O)NC=CN2S(=O)(=O)c2ccc(Cl)c(Cl)c2)nn1. The molecule has 0 radical (unpaired) electrons. The summed E-state index contributed by atoms with van der Waals surface area (Å²) in [4.78, 5) is 15.4. The molecule has 0 fully saturated rings. The van der Waals surface area contributed by atoms with Crippen molar-refractivity contribution in [2.75, 3.05) is 13.1 Å². The molecule has 2 aliphatic heterocycles. The van der Waals surface area contributed by atoms with Gasteiger partial charge in [0.2, 0.25) is 5.91 Å². The number of carbonyl (C=O) groups excluding carboxylic acids is 1. The molecule has 12 heteroatoms. The highest BCUT2D eigenvalue weighted by molar-refractivity contribution is 7.89. The van der Waals surface area contributed by atoms with Crippen LogP contribution in [-0.4, -0.2) is 57.7 Å². The van der Waals surface area contributed by atoms with E-state index in [1.165, 1.54) is 52.9 Å². The van der Waals surface area contributed by atoms with Gasteiger partial charge in [-0.1, -0.05) is 54.4 Å². The molecular formula is C30H34Cl2N6O3S. The van der Waals surface area contributed by atoms with E-state index < -0.39 is 22.0 Å². The van der Waals surface area contributed by atoms with Crippen molar-refractivity contribution in [2.24, 2.45) is 5.92 Å². The minimum absolute atomic E-state index is 0.0464. The fourth-order valence-corrected chi connectivity index (χ4v) is 8.15. The second kappa shape index (κ2) is 11.6. The summed E-state index contributed by atoms with van der Waals surface area (Å²) in [7, 11) is -4.09. The predicted molar refractivity (Wildman–Crippen MR) is 162 cm³/mol. The van der Waals surface area contributed by atoms with Crippen molar-refractivity contribution in [3.63, 3.8) is 0 Å². The molecule has 0 unspecified atom stereocenters. The van der Waals surface area contributed by atoms with Crippen LogP contribution in [-0.2, 0) is 40.6 Å². The Morgan fingerprint density at radius 2 is 1.90 bits per heavy atom. The van der Waals surface area contributed by atoms with Gasteiger partial charge >= 0.3 is 0 Å². The fourth-order valence-electron chi connectivity index (χ4n) is 6.31. The number of halogens is 2. The summed E-state index contributed by atoms with van der Waals surface area (Å²) in [5, 5.41) is 11.8. The molecule has 2 atom stereocenters. The van der Waals surface area contributed by atoms with Crippen LogP contribution in [0.15, 0.2) is 53.8 Å². The Morgan fingerprint density at radius 3 is 2.69 bits per heavy atom. The topological polar surface area (TPSA) is 100 Å². The van der Waals surface area contributed by atoms with Crippen LogP contribution in [0, 0.1) is 5.92 Å². The third-order valence-corrected chi connectivity index (χ3v) is 10.8. The number of aryl methyl sites for hydroxylation is 1. The standard InChI is InChI=1S/C30H34Cl2N6O3S/c1-19(2)16-36-10-8-20-13-25-21(12-22(20)17-36)4-3-5-28(25)37-18-23(34-35-37)14-29-30(39)33-9-11-38(29)42(40,41)24-6-7-26(31)27(32)15-24/h6-7,9,11-13,15,18-19,28-29H,3-5,8,10,14,16-17H2,1-2H3,(H,33,39)/t28-,29-/m1/s1. The van der Waals surface area contributed by atoms with E-state index in [0.717, 1.165) is 49.6 Å². The lowest BCUT2D eigenvalue weighted by Crippen LogP contribution is -2.50. The first-order valence-corrected chi connectivity index (χ1v) is 16.5. The second-order valence-electron chi connectivity index (χ2n) is 11.8. The average molecular weight is 630 g/mol. The minimum atomic E-state index is -4.09. The maximum absolute atomic E-state index is 13.5. The van der Waals surface area contributed by atoms with Crippen molar-refractivity contribution in [3.8, 4) is 0 Å². The van der Waals surface area contributed by atoms with Gasteiger partial charge in [0.15, 0.2) is 0 Å². The first-order chi connectivity index (χ1) is 20.1. The molecule has 0 bridgehead atoms. The van der Waals surface area contributed by atoms with Crippen LogP contribution >= 0.6 is 23.2 Å². The second-order valence-corrected chi connectivity index (χ2v) is 14.4. The Kier molecular flexibility index (Phi) is 8.08. The van der Waals surface area contributed by atoms with Crippen LogP contribution in [0.4, 0.5) is 0 Å². The number of rotatable bonds is 7. The molecule has 3 aliphatic rings. The molecule has 2 aromatic carbocycles. The van der Waals surface area contributed by atoms with Crippen LogP contribution in [0.2, 0.25) is 10.0 Å². The van der Waals surface area contributed by atoms with Gasteiger partial charge in [-0.2, -0.15) is 0 Å². The molecule has 0 saturated heterocycles. The molecule has 1 N–H and O–H groups in total. The predicted octanol–water partition coefficient (Wildman–Crippen LogP) is 4.73. The van der Waals surface area contributed by atoms with Crippen LogP contribution < -0.4 is 5.32 Å². The smallest absolute Gasteiger partial charge is 0.264 e. The van der Waals surface area contributed by atoms with E-state index in [2.05, 4.69) is 46.5 Å². The van der Waals surface area contributed by atoms with Gasteiger partial charge in [0.25, 0.3) is 10.0 Å². The summed E-state index contributed by atoms with van der Waals surface area (Å²) in [5.41, 5.74) is 6.03. The lowest BCUT2D eigenvalue weighted by molar-refractivity contribution is -0.124. The van der Waals surface area contributed by atoms with Crippen molar-refractivity contribution in [1.82, 2.24) is 29.5 Å². The number of nitrogens with one attached hydrogen (secondary N) is 1. The molecule has 0 saturated carbocycles. The molecular weight excluding hydrogens is 595 g/mol. The summed E-state index contributed by atoms with van der Waals surface area (Å²) in [6.07, 6.45) is 8.64. The van der Waals surface area contributed by atoms with Gasteiger partial charge in [0.05, 0.1) is 26.7 Å². The number of sulfonamides is 1. The van der Waals surface area contributed by atoms with E-state index >= 15 is 0 Å². The Labute approximate surface area is 256 Å². The Hall–Kier alpha value is -2.92. The van der Waals surface area contributed by atoms with Crippen molar-refractivity contribution >= 4 is 39.1 Å². The van der Waals surface area contributed by atoms with Gasteiger partial charge in [0.1, 0.15) is 6.04 Å². The number of aromatic nitrogens is 3. The maximum Gasteiger partial charge on any atom is 0.264 e. The molecule has 9 nitrogen and oxygen atoms in total.